The first-order valence-corrected chi connectivity index (χ1v) is 6.83. The van der Waals surface area contributed by atoms with Crippen molar-refractivity contribution in [2.45, 2.75) is 26.7 Å². The molecule has 0 spiro atoms. The van der Waals surface area contributed by atoms with E-state index in [4.69, 9.17) is 5.11 Å². The van der Waals surface area contributed by atoms with Crippen LogP contribution in [0.4, 0.5) is 10.1 Å². The summed E-state index contributed by atoms with van der Waals surface area (Å²) in [7, 11) is 0. The van der Waals surface area contributed by atoms with E-state index in [-0.39, 0.29) is 11.2 Å². The van der Waals surface area contributed by atoms with Gasteiger partial charge < -0.3 is 10.0 Å². The molecule has 0 saturated carbocycles. The Kier molecular flexibility index (Phi) is 4.12. The second-order valence-corrected chi connectivity index (χ2v) is 6.07. The van der Waals surface area contributed by atoms with Crippen LogP contribution < -0.4 is 4.90 Å². The molecule has 1 aromatic rings. The van der Waals surface area contributed by atoms with E-state index in [1.807, 2.05) is 0 Å². The van der Waals surface area contributed by atoms with Gasteiger partial charge in [-0.3, -0.25) is 0 Å². The SMILES string of the molecule is CC1(C)CCCN(c2ccc(C=CC(=O)O)cc2F)C1. The van der Waals surface area contributed by atoms with E-state index in [2.05, 4.69) is 18.7 Å². The lowest BCUT2D eigenvalue weighted by atomic mass is 9.84. The van der Waals surface area contributed by atoms with Crippen LogP contribution in [-0.4, -0.2) is 24.2 Å². The highest BCUT2D eigenvalue weighted by atomic mass is 19.1. The highest BCUT2D eigenvalue weighted by Crippen LogP contribution is 2.32. The van der Waals surface area contributed by atoms with Gasteiger partial charge in [-0.2, -0.15) is 0 Å². The summed E-state index contributed by atoms with van der Waals surface area (Å²) in [6.45, 7) is 6.10. The fourth-order valence-electron chi connectivity index (χ4n) is 2.68. The number of nitrogens with zero attached hydrogens (tertiary/aromatic N) is 1. The molecule has 4 heteroatoms. The molecule has 1 saturated heterocycles. The molecule has 0 bridgehead atoms. The summed E-state index contributed by atoms with van der Waals surface area (Å²) in [6, 6.07) is 4.87. The summed E-state index contributed by atoms with van der Waals surface area (Å²) >= 11 is 0. The largest absolute Gasteiger partial charge is 0.478 e. The highest BCUT2D eigenvalue weighted by molar-refractivity contribution is 5.85. The maximum atomic E-state index is 14.2. The third-order valence-electron chi connectivity index (χ3n) is 3.63. The summed E-state index contributed by atoms with van der Waals surface area (Å²) in [6.07, 6.45) is 4.63. The molecule has 1 aliphatic heterocycles. The van der Waals surface area contributed by atoms with Gasteiger partial charge in [0.05, 0.1) is 5.69 Å². The van der Waals surface area contributed by atoms with E-state index >= 15 is 0 Å². The number of aliphatic carboxylic acids is 1. The van der Waals surface area contributed by atoms with E-state index in [9.17, 15) is 9.18 Å². The van der Waals surface area contributed by atoms with Crippen LogP contribution in [0.15, 0.2) is 24.3 Å². The summed E-state index contributed by atoms with van der Waals surface area (Å²) in [5, 5.41) is 8.57. The lowest BCUT2D eigenvalue weighted by Crippen LogP contribution is -2.40. The van der Waals surface area contributed by atoms with Gasteiger partial charge >= 0.3 is 5.97 Å². The second-order valence-electron chi connectivity index (χ2n) is 6.07. The Balaban J connectivity index is 2.19. The van der Waals surface area contributed by atoms with Crippen LogP contribution in [-0.2, 0) is 4.79 Å². The maximum Gasteiger partial charge on any atom is 0.328 e. The highest BCUT2D eigenvalue weighted by Gasteiger charge is 2.27. The van der Waals surface area contributed by atoms with E-state index in [1.54, 1.807) is 12.1 Å². The number of hydrogen-bond acceptors (Lipinski definition) is 2. The number of carboxylic acid groups (broad SMARTS) is 1. The molecule has 0 aliphatic carbocycles. The van der Waals surface area contributed by atoms with Gasteiger partial charge in [-0.25, -0.2) is 9.18 Å². The molecule has 20 heavy (non-hydrogen) atoms. The summed E-state index contributed by atoms with van der Waals surface area (Å²) < 4.78 is 14.2. The molecule has 1 fully saturated rings. The molecule has 108 valence electrons. The molecule has 1 heterocycles. The fourth-order valence-corrected chi connectivity index (χ4v) is 2.68. The van der Waals surface area contributed by atoms with E-state index in [0.717, 1.165) is 32.0 Å². The summed E-state index contributed by atoms with van der Waals surface area (Å²) in [4.78, 5) is 12.5. The maximum absolute atomic E-state index is 14.2. The van der Waals surface area contributed by atoms with Crippen LogP contribution in [0.1, 0.15) is 32.3 Å². The van der Waals surface area contributed by atoms with Crippen molar-refractivity contribution in [1.29, 1.82) is 0 Å². The second kappa shape index (κ2) is 5.65. The Bertz CT molecular complexity index is 537. The number of benzene rings is 1. The molecule has 0 amide bonds. The molecular formula is C16H20FNO2. The van der Waals surface area contributed by atoms with Crippen LogP contribution in [0.5, 0.6) is 0 Å². The first-order chi connectivity index (χ1) is 9.37. The number of rotatable bonds is 3. The van der Waals surface area contributed by atoms with Crippen LogP contribution in [0.25, 0.3) is 6.08 Å². The van der Waals surface area contributed by atoms with Crippen molar-refractivity contribution in [1.82, 2.24) is 0 Å². The summed E-state index contributed by atoms with van der Waals surface area (Å²) in [5.74, 6) is -1.33. The van der Waals surface area contributed by atoms with E-state index in [1.165, 1.54) is 12.1 Å². The molecule has 1 N–H and O–H groups in total. The Hall–Kier alpha value is -1.84. The molecule has 0 aromatic heterocycles. The first-order valence-electron chi connectivity index (χ1n) is 6.83. The molecule has 1 aliphatic rings. The zero-order valence-corrected chi connectivity index (χ0v) is 11.9. The third-order valence-corrected chi connectivity index (χ3v) is 3.63. The van der Waals surface area contributed by atoms with Crippen molar-refractivity contribution in [2.24, 2.45) is 5.41 Å². The van der Waals surface area contributed by atoms with Gasteiger partial charge in [0.1, 0.15) is 5.82 Å². The third kappa shape index (κ3) is 3.59. The van der Waals surface area contributed by atoms with E-state index < -0.39 is 5.97 Å². The smallest absolute Gasteiger partial charge is 0.328 e. The van der Waals surface area contributed by atoms with Gasteiger partial charge in [0.15, 0.2) is 0 Å². The molecule has 0 radical (unpaired) electrons. The van der Waals surface area contributed by atoms with E-state index in [0.29, 0.717) is 11.3 Å². The lowest BCUT2D eigenvalue weighted by molar-refractivity contribution is -0.131. The quantitative estimate of drug-likeness (QED) is 0.859. The summed E-state index contributed by atoms with van der Waals surface area (Å²) in [5.41, 5.74) is 1.36. The zero-order chi connectivity index (χ0) is 14.8. The van der Waals surface area contributed by atoms with Gasteiger partial charge in [0.25, 0.3) is 0 Å². The van der Waals surface area contributed by atoms with Crippen molar-refractivity contribution in [2.75, 3.05) is 18.0 Å². The Morgan fingerprint density at radius 2 is 2.20 bits per heavy atom. The predicted molar refractivity (Wildman–Crippen MR) is 78.3 cm³/mol. The van der Waals surface area contributed by atoms with Crippen LogP contribution >= 0.6 is 0 Å². The normalized spacial score (nSPS) is 18.4. The number of carbonyl (C=O) groups is 1. The van der Waals surface area contributed by atoms with Crippen molar-refractivity contribution in [3.05, 3.63) is 35.7 Å². The predicted octanol–water partition coefficient (Wildman–Crippen LogP) is 3.55. The number of halogens is 1. The van der Waals surface area contributed by atoms with Gasteiger partial charge in [0.2, 0.25) is 0 Å². The van der Waals surface area contributed by atoms with Crippen LogP contribution in [0.2, 0.25) is 0 Å². The number of anilines is 1. The number of carboxylic acids is 1. The minimum absolute atomic E-state index is 0.201. The fraction of sp³-hybridized carbons (Fsp3) is 0.438. The topological polar surface area (TPSA) is 40.5 Å². The van der Waals surface area contributed by atoms with Gasteiger partial charge in [-0.1, -0.05) is 19.9 Å². The first kappa shape index (κ1) is 14.6. The minimum Gasteiger partial charge on any atom is -0.478 e. The van der Waals surface area contributed by atoms with Gasteiger partial charge in [-0.05, 0) is 42.0 Å². The average Bonchev–Trinajstić information content (AvgIpc) is 2.35. The zero-order valence-electron chi connectivity index (χ0n) is 11.9. The Labute approximate surface area is 118 Å². The number of hydrogen-bond donors (Lipinski definition) is 1. The molecule has 3 nitrogen and oxygen atoms in total. The lowest BCUT2D eigenvalue weighted by Gasteiger charge is -2.39. The van der Waals surface area contributed by atoms with Crippen LogP contribution in [0, 0.1) is 11.2 Å². The monoisotopic (exact) mass is 277 g/mol. The van der Waals surface area contributed by atoms with Gasteiger partial charge in [-0.15, -0.1) is 0 Å². The molecular weight excluding hydrogens is 257 g/mol. The Morgan fingerprint density at radius 1 is 1.45 bits per heavy atom. The number of piperidine rings is 1. The van der Waals surface area contributed by atoms with Crippen molar-refractivity contribution >= 4 is 17.7 Å². The molecule has 0 unspecified atom stereocenters. The van der Waals surface area contributed by atoms with Crippen molar-refractivity contribution in [3.63, 3.8) is 0 Å². The van der Waals surface area contributed by atoms with Crippen molar-refractivity contribution in [3.8, 4) is 0 Å². The minimum atomic E-state index is -1.03. The molecule has 0 atom stereocenters. The van der Waals surface area contributed by atoms with Crippen molar-refractivity contribution < 1.29 is 14.3 Å². The van der Waals surface area contributed by atoms with Crippen LogP contribution in [0.3, 0.4) is 0 Å². The standard InChI is InChI=1S/C16H20FNO2/c1-16(2)8-3-9-18(11-16)14-6-4-12(10-13(14)17)5-7-15(19)20/h4-7,10H,3,8-9,11H2,1-2H3,(H,19,20). The average molecular weight is 277 g/mol. The molecule has 1 aromatic carbocycles. The Morgan fingerprint density at radius 3 is 2.80 bits per heavy atom. The molecule has 2 rings (SSSR count). The van der Waals surface area contributed by atoms with Gasteiger partial charge in [0, 0.05) is 19.2 Å².